The van der Waals surface area contributed by atoms with E-state index in [0.29, 0.717) is 12.5 Å². The van der Waals surface area contributed by atoms with Gasteiger partial charge in [0.2, 0.25) is 10.0 Å². The monoisotopic (exact) mass is 418 g/mol. The molecule has 7 heteroatoms. The summed E-state index contributed by atoms with van der Waals surface area (Å²) in [6.07, 6.45) is 7.05. The van der Waals surface area contributed by atoms with Crippen molar-refractivity contribution >= 4 is 10.0 Å². The molecule has 29 heavy (non-hydrogen) atoms. The zero-order valence-electron chi connectivity index (χ0n) is 17.1. The fraction of sp³-hybridized carbons (Fsp3) is 0.500. The Morgan fingerprint density at radius 1 is 1.14 bits per heavy atom. The number of hydrogen-bond donors (Lipinski definition) is 1. The topological polar surface area (TPSA) is 77.4 Å². The van der Waals surface area contributed by atoms with Crippen molar-refractivity contribution in [2.45, 2.75) is 50.7 Å². The molecule has 1 saturated carbocycles. The van der Waals surface area contributed by atoms with Crippen LogP contribution in [0.2, 0.25) is 0 Å². The summed E-state index contributed by atoms with van der Waals surface area (Å²) in [5.74, 6) is 0.568. The Balaban J connectivity index is 1.60. The van der Waals surface area contributed by atoms with Gasteiger partial charge in [-0.25, -0.2) is 13.1 Å². The van der Waals surface area contributed by atoms with E-state index in [4.69, 9.17) is 4.74 Å². The van der Waals surface area contributed by atoms with Gasteiger partial charge in [0.05, 0.1) is 25.0 Å². The van der Waals surface area contributed by atoms with Crippen LogP contribution in [0.3, 0.4) is 0 Å². The minimum atomic E-state index is -3.35. The summed E-state index contributed by atoms with van der Waals surface area (Å²) in [6.45, 7) is 2.28. The van der Waals surface area contributed by atoms with Crippen LogP contribution in [0.15, 0.2) is 53.5 Å². The molecule has 1 aliphatic carbocycles. The number of aromatic nitrogens is 1. The second-order valence-corrected chi connectivity index (χ2v) is 9.77. The normalized spacial score (nSPS) is 21.0. The van der Waals surface area contributed by atoms with Gasteiger partial charge in [-0.15, -0.1) is 0 Å². The van der Waals surface area contributed by atoms with Crippen molar-refractivity contribution in [3.05, 3.63) is 70.1 Å². The second kappa shape index (κ2) is 9.69. The van der Waals surface area contributed by atoms with E-state index in [0.717, 1.165) is 37.5 Å². The van der Waals surface area contributed by atoms with Crippen LogP contribution in [-0.4, -0.2) is 38.5 Å². The molecule has 0 aliphatic heterocycles. The minimum Gasteiger partial charge on any atom is -0.376 e. The van der Waals surface area contributed by atoms with Crippen molar-refractivity contribution in [2.75, 3.05) is 19.4 Å². The SMILES string of the molecule is Cc1ccn(C(CNS(C)(=O)=O)CO[C@H]2CC[C@@H](c3ccccc3)CC2)c(=O)c1. The lowest BCUT2D eigenvalue weighted by Crippen LogP contribution is -2.37. The van der Waals surface area contributed by atoms with Crippen LogP contribution in [0.1, 0.15) is 48.8 Å². The first-order valence-corrected chi connectivity index (χ1v) is 12.0. The van der Waals surface area contributed by atoms with Crippen LogP contribution in [-0.2, 0) is 14.8 Å². The Hall–Kier alpha value is -1.96. The average Bonchev–Trinajstić information content (AvgIpc) is 2.69. The molecular formula is C22H30N2O4S. The summed E-state index contributed by atoms with van der Waals surface area (Å²) in [6, 6.07) is 13.6. The largest absolute Gasteiger partial charge is 0.376 e. The van der Waals surface area contributed by atoms with E-state index in [-0.39, 0.29) is 24.2 Å². The number of rotatable bonds is 8. The Labute approximate surface area is 173 Å². The fourth-order valence-corrected chi connectivity index (χ4v) is 4.41. The van der Waals surface area contributed by atoms with E-state index >= 15 is 0 Å². The lowest BCUT2D eigenvalue weighted by molar-refractivity contribution is 0.00736. The highest BCUT2D eigenvalue weighted by Gasteiger charge is 2.24. The van der Waals surface area contributed by atoms with Gasteiger partial charge in [0.25, 0.3) is 5.56 Å². The van der Waals surface area contributed by atoms with Crippen molar-refractivity contribution in [1.29, 1.82) is 0 Å². The summed E-state index contributed by atoms with van der Waals surface area (Å²) in [4.78, 5) is 12.4. The summed E-state index contributed by atoms with van der Waals surface area (Å²) >= 11 is 0. The molecule has 1 aliphatic rings. The van der Waals surface area contributed by atoms with Gasteiger partial charge in [-0.2, -0.15) is 0 Å². The average molecular weight is 419 g/mol. The molecule has 6 nitrogen and oxygen atoms in total. The molecule has 1 N–H and O–H groups in total. The zero-order valence-corrected chi connectivity index (χ0v) is 17.9. The van der Waals surface area contributed by atoms with E-state index in [2.05, 4.69) is 29.0 Å². The van der Waals surface area contributed by atoms with Gasteiger partial charge < -0.3 is 9.30 Å². The van der Waals surface area contributed by atoms with Crippen molar-refractivity contribution in [1.82, 2.24) is 9.29 Å². The molecule has 0 saturated heterocycles. The molecule has 0 radical (unpaired) electrons. The van der Waals surface area contributed by atoms with Crippen molar-refractivity contribution < 1.29 is 13.2 Å². The maximum absolute atomic E-state index is 12.4. The number of sulfonamides is 1. The third kappa shape index (κ3) is 6.52. The second-order valence-electron chi connectivity index (χ2n) is 7.94. The molecule has 1 heterocycles. The third-order valence-corrected chi connectivity index (χ3v) is 6.24. The van der Waals surface area contributed by atoms with Gasteiger partial charge in [0.15, 0.2) is 0 Å². The number of pyridine rings is 1. The highest BCUT2D eigenvalue weighted by molar-refractivity contribution is 7.88. The molecule has 0 amide bonds. The van der Waals surface area contributed by atoms with E-state index in [1.807, 2.05) is 19.1 Å². The molecule has 3 rings (SSSR count). The molecule has 1 fully saturated rings. The van der Waals surface area contributed by atoms with Gasteiger partial charge in [0, 0.05) is 18.8 Å². The third-order valence-electron chi connectivity index (χ3n) is 5.55. The zero-order chi connectivity index (χ0) is 20.9. The van der Waals surface area contributed by atoms with E-state index < -0.39 is 10.0 Å². The fourth-order valence-electron chi connectivity index (χ4n) is 3.91. The van der Waals surface area contributed by atoms with Crippen molar-refractivity contribution in [3.8, 4) is 0 Å². The molecule has 1 aromatic carbocycles. The molecule has 0 spiro atoms. The molecular weight excluding hydrogens is 388 g/mol. The Morgan fingerprint density at radius 3 is 2.45 bits per heavy atom. The number of benzene rings is 1. The molecule has 158 valence electrons. The summed E-state index contributed by atoms with van der Waals surface area (Å²) in [5.41, 5.74) is 2.11. The predicted octanol–water partition coefficient (Wildman–Crippen LogP) is 2.99. The predicted molar refractivity (Wildman–Crippen MR) is 115 cm³/mol. The number of ether oxygens (including phenoxy) is 1. The first-order chi connectivity index (χ1) is 13.8. The molecule has 0 bridgehead atoms. The molecule has 1 aromatic heterocycles. The highest BCUT2D eigenvalue weighted by atomic mass is 32.2. The highest BCUT2D eigenvalue weighted by Crippen LogP contribution is 2.34. The van der Waals surface area contributed by atoms with E-state index in [9.17, 15) is 13.2 Å². The first kappa shape index (κ1) is 21.7. The van der Waals surface area contributed by atoms with Crippen LogP contribution >= 0.6 is 0 Å². The lowest BCUT2D eigenvalue weighted by atomic mass is 9.83. The molecule has 1 unspecified atom stereocenters. The molecule has 1 atom stereocenters. The summed E-state index contributed by atoms with van der Waals surface area (Å²) < 4.78 is 33.3. The van der Waals surface area contributed by atoms with Gasteiger partial charge >= 0.3 is 0 Å². The maximum atomic E-state index is 12.4. The molecule has 2 aromatic rings. The van der Waals surface area contributed by atoms with Gasteiger partial charge in [-0.05, 0) is 55.7 Å². The Kier molecular flexibility index (Phi) is 7.27. The van der Waals surface area contributed by atoms with E-state index in [1.165, 1.54) is 5.56 Å². The Morgan fingerprint density at radius 2 is 1.83 bits per heavy atom. The van der Waals surface area contributed by atoms with Crippen LogP contribution in [0.25, 0.3) is 0 Å². The summed E-state index contributed by atoms with van der Waals surface area (Å²) in [7, 11) is -3.35. The van der Waals surface area contributed by atoms with Gasteiger partial charge in [-0.1, -0.05) is 30.3 Å². The van der Waals surface area contributed by atoms with Crippen molar-refractivity contribution in [2.24, 2.45) is 0 Å². The van der Waals surface area contributed by atoms with Crippen LogP contribution in [0.4, 0.5) is 0 Å². The number of nitrogens with zero attached hydrogens (tertiary/aromatic N) is 1. The summed E-state index contributed by atoms with van der Waals surface area (Å²) in [5, 5.41) is 0. The van der Waals surface area contributed by atoms with Crippen molar-refractivity contribution in [3.63, 3.8) is 0 Å². The van der Waals surface area contributed by atoms with Crippen LogP contribution in [0, 0.1) is 6.92 Å². The quantitative estimate of drug-likeness (QED) is 0.715. The number of hydrogen-bond acceptors (Lipinski definition) is 4. The van der Waals surface area contributed by atoms with Crippen LogP contribution in [0.5, 0.6) is 0 Å². The van der Waals surface area contributed by atoms with Gasteiger partial charge in [-0.3, -0.25) is 4.79 Å². The van der Waals surface area contributed by atoms with Crippen LogP contribution < -0.4 is 10.3 Å². The smallest absolute Gasteiger partial charge is 0.251 e. The first-order valence-electron chi connectivity index (χ1n) is 10.1. The number of aryl methyl sites for hydroxylation is 1. The standard InChI is InChI=1S/C22H30N2O4S/c1-17-12-13-24(22(25)14-17)20(15-23-29(2,26)27)16-28-21-10-8-19(9-11-21)18-6-4-3-5-7-18/h3-7,12-14,19-21,23H,8-11,15-16H2,1-2H3/t19-,20?,21+. The van der Waals surface area contributed by atoms with E-state index in [1.54, 1.807) is 16.8 Å². The number of nitrogens with one attached hydrogen (secondary N) is 1. The minimum absolute atomic E-state index is 0.126. The van der Waals surface area contributed by atoms with Gasteiger partial charge in [0.1, 0.15) is 0 Å². The lowest BCUT2D eigenvalue weighted by Gasteiger charge is -2.30. The Bertz CT molecular complexity index is 948. The maximum Gasteiger partial charge on any atom is 0.251 e.